The third-order valence-corrected chi connectivity index (χ3v) is 5.75. The summed E-state index contributed by atoms with van der Waals surface area (Å²) in [6.07, 6.45) is 2.07. The number of likely N-dealkylation sites (N-methyl/N-ethyl adjacent to an activating group) is 1. The Kier molecular flexibility index (Phi) is 6.57. The van der Waals surface area contributed by atoms with Gasteiger partial charge in [0, 0.05) is 18.7 Å². The Morgan fingerprint density at radius 2 is 1.93 bits per heavy atom. The van der Waals surface area contributed by atoms with E-state index in [0.717, 1.165) is 42.0 Å². The van der Waals surface area contributed by atoms with Crippen LogP contribution >= 0.6 is 0 Å². The quantitative estimate of drug-likeness (QED) is 0.724. The minimum atomic E-state index is 0.0427. The third-order valence-electron chi connectivity index (χ3n) is 5.75. The summed E-state index contributed by atoms with van der Waals surface area (Å²) < 4.78 is 11.0. The molecule has 5 heteroatoms. The molecule has 1 heterocycles. The molecule has 0 radical (unpaired) electrons. The van der Waals surface area contributed by atoms with Crippen LogP contribution in [0.5, 0.6) is 11.5 Å². The lowest BCUT2D eigenvalue weighted by atomic mass is 10.0. The fourth-order valence-corrected chi connectivity index (χ4v) is 3.92. The van der Waals surface area contributed by atoms with Crippen LogP contribution in [0.4, 0.5) is 0 Å². The molecular weight excluding hydrogens is 352 g/mol. The molecule has 0 bridgehead atoms. The van der Waals surface area contributed by atoms with Crippen molar-refractivity contribution < 1.29 is 14.3 Å². The Morgan fingerprint density at radius 1 is 1.18 bits per heavy atom. The summed E-state index contributed by atoms with van der Waals surface area (Å²) >= 11 is 0. The Labute approximate surface area is 167 Å². The molecule has 0 spiro atoms. The lowest BCUT2D eigenvalue weighted by Gasteiger charge is -2.30. The zero-order valence-corrected chi connectivity index (χ0v) is 17.2. The lowest BCUT2D eigenvalue weighted by molar-refractivity contribution is -0.133. The summed E-state index contributed by atoms with van der Waals surface area (Å²) in [5.74, 6) is 1.78. The second-order valence-corrected chi connectivity index (χ2v) is 7.33. The first-order chi connectivity index (χ1) is 13.5. The average molecular weight is 383 g/mol. The largest absolute Gasteiger partial charge is 0.497 e. The van der Waals surface area contributed by atoms with Crippen molar-refractivity contribution in [1.82, 2.24) is 9.80 Å². The average Bonchev–Trinajstić information content (AvgIpc) is 3.20. The molecule has 2 atom stereocenters. The number of amides is 1. The molecule has 5 nitrogen and oxygen atoms in total. The number of likely N-dealkylation sites (tertiary alicyclic amines) is 1. The van der Waals surface area contributed by atoms with E-state index in [1.165, 1.54) is 0 Å². The van der Waals surface area contributed by atoms with E-state index >= 15 is 0 Å². The molecule has 0 aromatic heterocycles. The van der Waals surface area contributed by atoms with Crippen LogP contribution in [0, 0.1) is 0 Å². The molecule has 28 heavy (non-hydrogen) atoms. The van der Waals surface area contributed by atoms with Gasteiger partial charge in [-0.1, -0.05) is 30.3 Å². The molecule has 1 fully saturated rings. The van der Waals surface area contributed by atoms with Gasteiger partial charge in [-0.25, -0.2) is 0 Å². The van der Waals surface area contributed by atoms with Gasteiger partial charge < -0.3 is 14.4 Å². The van der Waals surface area contributed by atoms with Crippen molar-refractivity contribution >= 4 is 5.91 Å². The minimum absolute atomic E-state index is 0.0427. The highest BCUT2D eigenvalue weighted by atomic mass is 16.5. The topological polar surface area (TPSA) is 42.0 Å². The SMILES string of the molecule is COc1ccc(OC)c([C@@H]2CCCN2CC(=O)N(C)[C@@H](C)c2ccccc2)c1. The third kappa shape index (κ3) is 4.30. The molecular formula is C23H30N2O3. The summed E-state index contributed by atoms with van der Waals surface area (Å²) in [4.78, 5) is 17.1. The van der Waals surface area contributed by atoms with Gasteiger partial charge in [0.05, 0.1) is 26.8 Å². The van der Waals surface area contributed by atoms with Crippen LogP contribution in [0.2, 0.25) is 0 Å². The van der Waals surface area contributed by atoms with Crippen molar-refractivity contribution in [3.63, 3.8) is 0 Å². The molecule has 1 aliphatic rings. The Morgan fingerprint density at radius 3 is 2.61 bits per heavy atom. The maximum absolute atomic E-state index is 13.0. The fourth-order valence-electron chi connectivity index (χ4n) is 3.92. The van der Waals surface area contributed by atoms with Gasteiger partial charge in [0.2, 0.25) is 5.91 Å². The van der Waals surface area contributed by atoms with E-state index in [1.807, 2.05) is 48.3 Å². The molecule has 1 amide bonds. The van der Waals surface area contributed by atoms with E-state index < -0.39 is 0 Å². The van der Waals surface area contributed by atoms with Crippen molar-refractivity contribution in [2.45, 2.75) is 31.8 Å². The predicted octanol–water partition coefficient (Wildman–Crippen LogP) is 4.06. The van der Waals surface area contributed by atoms with Crippen molar-refractivity contribution in [2.75, 3.05) is 34.4 Å². The smallest absolute Gasteiger partial charge is 0.237 e. The van der Waals surface area contributed by atoms with Crippen molar-refractivity contribution in [3.05, 3.63) is 59.7 Å². The van der Waals surface area contributed by atoms with Gasteiger partial charge in [-0.15, -0.1) is 0 Å². The zero-order chi connectivity index (χ0) is 20.1. The second-order valence-electron chi connectivity index (χ2n) is 7.33. The first kappa shape index (κ1) is 20.2. The number of methoxy groups -OCH3 is 2. The lowest BCUT2D eigenvalue weighted by Crippen LogP contribution is -2.39. The molecule has 150 valence electrons. The first-order valence-electron chi connectivity index (χ1n) is 9.81. The Hall–Kier alpha value is -2.53. The van der Waals surface area contributed by atoms with Gasteiger partial charge in [-0.3, -0.25) is 9.69 Å². The van der Waals surface area contributed by atoms with Crippen LogP contribution in [-0.2, 0) is 4.79 Å². The van der Waals surface area contributed by atoms with Crippen LogP contribution in [0.15, 0.2) is 48.5 Å². The summed E-state index contributed by atoms with van der Waals surface area (Å²) in [5.41, 5.74) is 2.23. The maximum atomic E-state index is 13.0. The van der Waals surface area contributed by atoms with Crippen molar-refractivity contribution in [3.8, 4) is 11.5 Å². The maximum Gasteiger partial charge on any atom is 0.237 e. The van der Waals surface area contributed by atoms with Crippen LogP contribution in [-0.4, -0.2) is 50.1 Å². The van der Waals surface area contributed by atoms with Gasteiger partial charge in [-0.05, 0) is 50.1 Å². The Bertz CT molecular complexity index is 794. The van der Waals surface area contributed by atoms with Gasteiger partial charge in [-0.2, -0.15) is 0 Å². The number of nitrogens with zero attached hydrogens (tertiary/aromatic N) is 2. The molecule has 1 aliphatic heterocycles. The van der Waals surface area contributed by atoms with Crippen LogP contribution in [0.25, 0.3) is 0 Å². The molecule has 3 rings (SSSR count). The van der Waals surface area contributed by atoms with Crippen LogP contribution in [0.3, 0.4) is 0 Å². The second kappa shape index (κ2) is 9.11. The molecule has 0 unspecified atom stereocenters. The number of rotatable bonds is 7. The van der Waals surface area contributed by atoms with Crippen LogP contribution in [0.1, 0.15) is 43.0 Å². The van der Waals surface area contributed by atoms with E-state index in [0.29, 0.717) is 6.54 Å². The number of hydrogen-bond acceptors (Lipinski definition) is 4. The van der Waals surface area contributed by atoms with E-state index in [9.17, 15) is 4.79 Å². The summed E-state index contributed by atoms with van der Waals surface area (Å²) in [6, 6.07) is 16.2. The number of benzene rings is 2. The van der Waals surface area contributed by atoms with Crippen LogP contribution < -0.4 is 9.47 Å². The number of carbonyl (C=O) groups is 1. The molecule has 0 N–H and O–H groups in total. The molecule has 0 aliphatic carbocycles. The van der Waals surface area contributed by atoms with E-state index in [-0.39, 0.29) is 18.0 Å². The molecule has 2 aromatic rings. The van der Waals surface area contributed by atoms with Crippen molar-refractivity contribution in [1.29, 1.82) is 0 Å². The summed E-state index contributed by atoms with van der Waals surface area (Å²) in [7, 11) is 5.24. The van der Waals surface area contributed by atoms with Gasteiger partial charge in [0.15, 0.2) is 0 Å². The van der Waals surface area contributed by atoms with E-state index in [1.54, 1.807) is 14.2 Å². The highest BCUT2D eigenvalue weighted by Crippen LogP contribution is 2.38. The summed E-state index contributed by atoms with van der Waals surface area (Å²) in [5, 5.41) is 0. The monoisotopic (exact) mass is 382 g/mol. The number of ether oxygens (including phenoxy) is 2. The molecule has 2 aromatic carbocycles. The zero-order valence-electron chi connectivity index (χ0n) is 17.2. The molecule has 0 saturated carbocycles. The van der Waals surface area contributed by atoms with E-state index in [4.69, 9.17) is 9.47 Å². The van der Waals surface area contributed by atoms with Gasteiger partial charge >= 0.3 is 0 Å². The highest BCUT2D eigenvalue weighted by Gasteiger charge is 2.31. The normalized spacial score (nSPS) is 17.9. The minimum Gasteiger partial charge on any atom is -0.497 e. The van der Waals surface area contributed by atoms with Gasteiger partial charge in [0.25, 0.3) is 0 Å². The fraction of sp³-hybridized carbons (Fsp3) is 0.435. The Balaban J connectivity index is 1.74. The van der Waals surface area contributed by atoms with Gasteiger partial charge in [0.1, 0.15) is 11.5 Å². The number of hydrogen-bond donors (Lipinski definition) is 0. The molecule has 1 saturated heterocycles. The predicted molar refractivity (Wildman–Crippen MR) is 111 cm³/mol. The highest BCUT2D eigenvalue weighted by molar-refractivity contribution is 5.78. The number of carbonyl (C=O) groups excluding carboxylic acids is 1. The summed E-state index contributed by atoms with van der Waals surface area (Å²) in [6.45, 7) is 3.38. The standard InChI is InChI=1S/C23H30N2O3/c1-17(18-9-6-5-7-10-18)24(2)23(26)16-25-14-8-11-21(25)20-15-19(27-3)12-13-22(20)28-4/h5-7,9-10,12-13,15,17,21H,8,11,14,16H2,1-4H3/t17-,21-/m0/s1. The first-order valence-corrected chi connectivity index (χ1v) is 9.81. The van der Waals surface area contributed by atoms with E-state index in [2.05, 4.69) is 24.0 Å². The van der Waals surface area contributed by atoms with Crippen molar-refractivity contribution in [2.24, 2.45) is 0 Å².